The molecule has 0 atom stereocenters. The molecular weight excluding hydrogens is 307 g/mol. The van der Waals surface area contributed by atoms with E-state index in [1.165, 1.54) is 30.9 Å². The van der Waals surface area contributed by atoms with Crippen molar-refractivity contribution in [2.75, 3.05) is 33.3 Å². The van der Waals surface area contributed by atoms with Crippen LogP contribution >= 0.6 is 0 Å². The van der Waals surface area contributed by atoms with Crippen molar-refractivity contribution in [2.24, 2.45) is 0 Å². The van der Waals surface area contributed by atoms with Crippen LogP contribution in [0.2, 0.25) is 0 Å². The van der Waals surface area contributed by atoms with Gasteiger partial charge in [0.25, 0.3) is 5.91 Å². The zero-order chi connectivity index (χ0) is 16.9. The lowest BCUT2D eigenvalue weighted by Crippen LogP contribution is -2.48. The van der Waals surface area contributed by atoms with Crippen LogP contribution in [0.15, 0.2) is 48.5 Å². The number of piperazine rings is 1. The SMILES string of the molecule is COc1ccc(F)cc1C(=O)N1CCN(Cc2ccccc2)CC1. The Balaban J connectivity index is 1.62. The van der Waals surface area contributed by atoms with Crippen molar-refractivity contribution in [3.05, 3.63) is 65.5 Å². The summed E-state index contributed by atoms with van der Waals surface area (Å²) in [7, 11) is 1.49. The number of halogens is 1. The summed E-state index contributed by atoms with van der Waals surface area (Å²) in [5.41, 5.74) is 1.55. The molecule has 1 heterocycles. The minimum atomic E-state index is -0.429. The zero-order valence-electron chi connectivity index (χ0n) is 13.7. The monoisotopic (exact) mass is 328 g/mol. The van der Waals surface area contributed by atoms with E-state index in [1.54, 1.807) is 4.90 Å². The number of ether oxygens (including phenoxy) is 1. The van der Waals surface area contributed by atoms with Crippen LogP contribution in [-0.2, 0) is 6.54 Å². The van der Waals surface area contributed by atoms with Crippen LogP contribution in [0.3, 0.4) is 0 Å². The van der Waals surface area contributed by atoms with E-state index in [0.717, 1.165) is 19.6 Å². The molecule has 24 heavy (non-hydrogen) atoms. The van der Waals surface area contributed by atoms with Gasteiger partial charge in [-0.2, -0.15) is 0 Å². The molecule has 0 aliphatic carbocycles. The van der Waals surface area contributed by atoms with Crippen molar-refractivity contribution in [2.45, 2.75) is 6.54 Å². The van der Waals surface area contributed by atoms with Crippen molar-refractivity contribution in [3.63, 3.8) is 0 Å². The fraction of sp³-hybridized carbons (Fsp3) is 0.316. The van der Waals surface area contributed by atoms with Gasteiger partial charge in [-0.15, -0.1) is 0 Å². The molecule has 0 N–H and O–H groups in total. The van der Waals surface area contributed by atoms with E-state index >= 15 is 0 Å². The van der Waals surface area contributed by atoms with Crippen LogP contribution in [0.4, 0.5) is 4.39 Å². The number of carbonyl (C=O) groups is 1. The van der Waals surface area contributed by atoms with Gasteiger partial charge >= 0.3 is 0 Å². The first-order chi connectivity index (χ1) is 11.7. The Hall–Kier alpha value is -2.40. The fourth-order valence-electron chi connectivity index (χ4n) is 2.97. The van der Waals surface area contributed by atoms with E-state index in [9.17, 15) is 9.18 Å². The van der Waals surface area contributed by atoms with Crippen molar-refractivity contribution in [1.82, 2.24) is 9.80 Å². The summed E-state index contributed by atoms with van der Waals surface area (Å²) >= 11 is 0. The predicted molar refractivity (Wildman–Crippen MR) is 90.6 cm³/mol. The second kappa shape index (κ2) is 7.45. The van der Waals surface area contributed by atoms with Gasteiger partial charge in [-0.05, 0) is 23.8 Å². The molecule has 0 aromatic heterocycles. The highest BCUT2D eigenvalue weighted by Crippen LogP contribution is 2.22. The number of methoxy groups -OCH3 is 1. The molecule has 1 fully saturated rings. The predicted octanol–water partition coefficient (Wildman–Crippen LogP) is 2.79. The zero-order valence-corrected chi connectivity index (χ0v) is 13.7. The average molecular weight is 328 g/mol. The Labute approximate surface area is 141 Å². The summed E-state index contributed by atoms with van der Waals surface area (Å²) in [5, 5.41) is 0. The topological polar surface area (TPSA) is 32.8 Å². The van der Waals surface area contributed by atoms with E-state index in [1.807, 2.05) is 18.2 Å². The maximum atomic E-state index is 13.5. The smallest absolute Gasteiger partial charge is 0.257 e. The van der Waals surface area contributed by atoms with Crippen LogP contribution in [0.5, 0.6) is 5.75 Å². The summed E-state index contributed by atoms with van der Waals surface area (Å²) in [4.78, 5) is 16.7. The first-order valence-corrected chi connectivity index (χ1v) is 8.06. The first-order valence-electron chi connectivity index (χ1n) is 8.06. The Morgan fingerprint density at radius 1 is 1.08 bits per heavy atom. The molecule has 3 rings (SSSR count). The largest absolute Gasteiger partial charge is 0.496 e. The van der Waals surface area contributed by atoms with Gasteiger partial charge in [0.15, 0.2) is 0 Å². The van der Waals surface area contributed by atoms with Crippen molar-refractivity contribution < 1.29 is 13.9 Å². The highest BCUT2D eigenvalue weighted by atomic mass is 19.1. The molecule has 1 saturated heterocycles. The summed E-state index contributed by atoms with van der Waals surface area (Å²) in [6.45, 7) is 3.75. The summed E-state index contributed by atoms with van der Waals surface area (Å²) in [6, 6.07) is 14.3. The maximum Gasteiger partial charge on any atom is 0.257 e. The third kappa shape index (κ3) is 3.74. The summed E-state index contributed by atoms with van der Waals surface area (Å²) in [6.07, 6.45) is 0. The molecule has 0 radical (unpaired) electrons. The van der Waals surface area contributed by atoms with Gasteiger partial charge in [0.05, 0.1) is 12.7 Å². The average Bonchev–Trinajstić information content (AvgIpc) is 2.62. The number of amides is 1. The van der Waals surface area contributed by atoms with Crippen molar-refractivity contribution >= 4 is 5.91 Å². The highest BCUT2D eigenvalue weighted by molar-refractivity contribution is 5.97. The molecule has 0 spiro atoms. The van der Waals surface area contributed by atoms with E-state index in [-0.39, 0.29) is 11.5 Å². The van der Waals surface area contributed by atoms with Gasteiger partial charge in [-0.3, -0.25) is 9.69 Å². The van der Waals surface area contributed by atoms with Gasteiger partial charge in [0.2, 0.25) is 0 Å². The Kier molecular flexibility index (Phi) is 5.11. The second-order valence-corrected chi connectivity index (χ2v) is 5.90. The van der Waals surface area contributed by atoms with Crippen LogP contribution in [-0.4, -0.2) is 49.0 Å². The Morgan fingerprint density at radius 3 is 2.46 bits per heavy atom. The number of benzene rings is 2. The third-order valence-corrected chi connectivity index (χ3v) is 4.30. The Bertz CT molecular complexity index is 698. The van der Waals surface area contributed by atoms with E-state index in [2.05, 4.69) is 17.0 Å². The molecule has 126 valence electrons. The number of hydrogen-bond acceptors (Lipinski definition) is 3. The van der Waals surface area contributed by atoms with E-state index in [4.69, 9.17) is 4.74 Å². The molecule has 0 saturated carbocycles. The molecule has 0 unspecified atom stereocenters. The minimum absolute atomic E-state index is 0.175. The van der Waals surface area contributed by atoms with Crippen molar-refractivity contribution in [1.29, 1.82) is 0 Å². The Morgan fingerprint density at radius 2 is 1.79 bits per heavy atom. The van der Waals surface area contributed by atoms with Crippen molar-refractivity contribution in [3.8, 4) is 5.75 Å². The van der Waals surface area contributed by atoms with Crippen LogP contribution in [0.25, 0.3) is 0 Å². The van der Waals surface area contributed by atoms with Crippen LogP contribution < -0.4 is 4.74 Å². The van der Waals surface area contributed by atoms with Crippen LogP contribution in [0.1, 0.15) is 15.9 Å². The molecule has 0 bridgehead atoms. The van der Waals surface area contributed by atoms with Gasteiger partial charge in [-0.25, -0.2) is 4.39 Å². The van der Waals surface area contributed by atoms with Gasteiger partial charge in [-0.1, -0.05) is 30.3 Å². The summed E-state index contributed by atoms with van der Waals surface area (Å²) in [5.74, 6) is -0.194. The second-order valence-electron chi connectivity index (χ2n) is 5.90. The normalized spacial score (nSPS) is 15.3. The lowest BCUT2D eigenvalue weighted by Gasteiger charge is -2.35. The molecular formula is C19H21FN2O2. The van der Waals surface area contributed by atoms with Gasteiger partial charge in [0.1, 0.15) is 11.6 Å². The number of carbonyl (C=O) groups excluding carboxylic acids is 1. The van der Waals surface area contributed by atoms with E-state index < -0.39 is 5.82 Å². The standard InChI is InChI=1S/C19H21FN2O2/c1-24-18-8-7-16(20)13-17(18)19(23)22-11-9-21(10-12-22)14-15-5-3-2-4-6-15/h2-8,13H,9-12,14H2,1H3. The molecule has 5 heteroatoms. The number of nitrogens with zero attached hydrogens (tertiary/aromatic N) is 2. The minimum Gasteiger partial charge on any atom is -0.496 e. The lowest BCUT2D eigenvalue weighted by atomic mass is 10.1. The lowest BCUT2D eigenvalue weighted by molar-refractivity contribution is 0.0625. The van der Waals surface area contributed by atoms with Crippen LogP contribution in [0, 0.1) is 5.82 Å². The molecule has 1 aliphatic rings. The summed E-state index contributed by atoms with van der Waals surface area (Å²) < 4.78 is 18.7. The molecule has 2 aromatic rings. The molecule has 2 aromatic carbocycles. The third-order valence-electron chi connectivity index (χ3n) is 4.30. The molecule has 4 nitrogen and oxygen atoms in total. The molecule has 1 aliphatic heterocycles. The first kappa shape index (κ1) is 16.5. The number of hydrogen-bond donors (Lipinski definition) is 0. The quantitative estimate of drug-likeness (QED) is 0.865. The highest BCUT2D eigenvalue weighted by Gasteiger charge is 2.24. The van der Waals surface area contributed by atoms with E-state index in [0.29, 0.717) is 18.8 Å². The fourth-order valence-corrected chi connectivity index (χ4v) is 2.97. The maximum absolute atomic E-state index is 13.5. The molecule has 1 amide bonds. The van der Waals surface area contributed by atoms with Gasteiger partial charge in [0, 0.05) is 32.7 Å². The van der Waals surface area contributed by atoms with Gasteiger partial charge < -0.3 is 9.64 Å². The number of rotatable bonds is 4.